The zero-order valence-corrected chi connectivity index (χ0v) is 11.4. The number of carbonyl (C=O) groups excluding carboxylic acids is 1. The van der Waals surface area contributed by atoms with Crippen molar-refractivity contribution in [2.75, 3.05) is 11.6 Å². The lowest BCUT2D eigenvalue weighted by Crippen LogP contribution is -2.34. The summed E-state index contributed by atoms with van der Waals surface area (Å²) in [6, 6.07) is 13.3. The number of aromatic nitrogens is 1. The van der Waals surface area contributed by atoms with Crippen molar-refractivity contribution in [3.8, 4) is 0 Å². The fourth-order valence-electron chi connectivity index (χ4n) is 2.24. The van der Waals surface area contributed by atoms with Crippen molar-refractivity contribution >= 4 is 17.8 Å². The zero-order chi connectivity index (χ0) is 14.7. The molecule has 0 radical (unpaired) electrons. The van der Waals surface area contributed by atoms with Gasteiger partial charge in [-0.2, -0.15) is 0 Å². The molecule has 2 N–H and O–H groups in total. The van der Waals surface area contributed by atoms with Crippen LogP contribution in [0.1, 0.15) is 11.1 Å². The summed E-state index contributed by atoms with van der Waals surface area (Å²) >= 11 is 0. The van der Waals surface area contributed by atoms with Gasteiger partial charge in [-0.05, 0) is 23.8 Å². The maximum atomic E-state index is 12.2. The third kappa shape index (κ3) is 2.93. The van der Waals surface area contributed by atoms with Crippen molar-refractivity contribution in [1.29, 1.82) is 0 Å². The second kappa shape index (κ2) is 5.76. The fraction of sp³-hybridized carbons (Fsp3) is 0.125. The second-order valence-corrected chi connectivity index (χ2v) is 4.81. The molecule has 0 fully saturated rings. The first kappa shape index (κ1) is 13.3. The highest BCUT2D eigenvalue weighted by Crippen LogP contribution is 2.24. The average Bonchev–Trinajstić information content (AvgIpc) is 2.53. The Balaban J connectivity index is 1.73. The van der Waals surface area contributed by atoms with Gasteiger partial charge in [-0.25, -0.2) is 10.0 Å². The van der Waals surface area contributed by atoms with Crippen molar-refractivity contribution < 1.29 is 10.0 Å². The average molecular weight is 281 g/mol. The van der Waals surface area contributed by atoms with Crippen molar-refractivity contribution in [1.82, 2.24) is 10.3 Å². The van der Waals surface area contributed by atoms with Gasteiger partial charge in [0, 0.05) is 23.9 Å². The molecule has 0 saturated heterocycles. The predicted octanol–water partition coefficient (Wildman–Crippen LogP) is 1.99. The summed E-state index contributed by atoms with van der Waals surface area (Å²) < 4.78 is 0. The molecule has 5 heteroatoms. The van der Waals surface area contributed by atoms with E-state index in [1.807, 2.05) is 36.4 Å². The highest BCUT2D eigenvalue weighted by molar-refractivity contribution is 6.00. The monoisotopic (exact) mass is 281 g/mol. The molecule has 1 aliphatic rings. The van der Waals surface area contributed by atoms with E-state index in [2.05, 4.69) is 10.3 Å². The van der Waals surface area contributed by atoms with Crippen LogP contribution in [0.2, 0.25) is 0 Å². The van der Waals surface area contributed by atoms with Gasteiger partial charge in [-0.1, -0.05) is 30.3 Å². The summed E-state index contributed by atoms with van der Waals surface area (Å²) in [5, 5.41) is 13.8. The molecule has 0 bridgehead atoms. The molecular formula is C16H15N3O2. The molecule has 5 nitrogen and oxygen atoms in total. The van der Waals surface area contributed by atoms with Crippen LogP contribution in [0.25, 0.3) is 6.08 Å². The van der Waals surface area contributed by atoms with E-state index >= 15 is 0 Å². The van der Waals surface area contributed by atoms with Crippen LogP contribution in [-0.2, 0) is 11.3 Å². The number of hydroxylamine groups is 1. The molecule has 1 aliphatic heterocycles. The summed E-state index contributed by atoms with van der Waals surface area (Å²) in [6.45, 7) is 0.590. The molecule has 3 rings (SSSR count). The maximum absolute atomic E-state index is 12.2. The number of pyridine rings is 1. The molecule has 0 atom stereocenters. The molecule has 1 amide bonds. The number of anilines is 1. The Morgan fingerprint density at radius 3 is 2.86 bits per heavy atom. The lowest BCUT2D eigenvalue weighted by molar-refractivity contribution is -0.117. The van der Waals surface area contributed by atoms with Gasteiger partial charge in [0.05, 0.1) is 6.54 Å². The van der Waals surface area contributed by atoms with Crippen LogP contribution in [0.3, 0.4) is 0 Å². The van der Waals surface area contributed by atoms with Gasteiger partial charge in [0.2, 0.25) is 5.91 Å². The van der Waals surface area contributed by atoms with Crippen molar-refractivity contribution in [3.05, 3.63) is 65.4 Å². The third-order valence-corrected chi connectivity index (χ3v) is 3.30. The Bertz CT molecular complexity index is 683. The minimum Gasteiger partial charge on any atom is -0.348 e. The van der Waals surface area contributed by atoms with Crippen LogP contribution in [0.5, 0.6) is 0 Å². The Morgan fingerprint density at radius 2 is 2.05 bits per heavy atom. The van der Waals surface area contributed by atoms with Gasteiger partial charge in [0.15, 0.2) is 5.82 Å². The molecular weight excluding hydrogens is 266 g/mol. The third-order valence-electron chi connectivity index (χ3n) is 3.30. The van der Waals surface area contributed by atoms with Crippen LogP contribution in [0, 0.1) is 0 Å². The van der Waals surface area contributed by atoms with E-state index in [1.165, 1.54) is 0 Å². The number of benzene rings is 1. The first-order chi connectivity index (χ1) is 10.2. The van der Waals surface area contributed by atoms with Gasteiger partial charge in [-0.15, -0.1) is 0 Å². The van der Waals surface area contributed by atoms with E-state index in [9.17, 15) is 10.0 Å². The largest absolute Gasteiger partial charge is 0.348 e. The van der Waals surface area contributed by atoms with Gasteiger partial charge < -0.3 is 5.32 Å². The number of nitrogens with one attached hydrogen (secondary N) is 1. The molecule has 0 saturated carbocycles. The van der Waals surface area contributed by atoms with E-state index in [4.69, 9.17) is 0 Å². The van der Waals surface area contributed by atoms with E-state index in [0.29, 0.717) is 17.9 Å². The zero-order valence-electron chi connectivity index (χ0n) is 11.4. The summed E-state index contributed by atoms with van der Waals surface area (Å²) in [7, 11) is 0. The van der Waals surface area contributed by atoms with Crippen LogP contribution in [0.4, 0.5) is 5.82 Å². The first-order valence-corrected chi connectivity index (χ1v) is 6.68. The van der Waals surface area contributed by atoms with Crippen molar-refractivity contribution in [2.24, 2.45) is 0 Å². The molecule has 0 spiro atoms. The number of fused-ring (bicyclic) bond motifs is 1. The Hall–Kier alpha value is -2.66. The topological polar surface area (TPSA) is 65.5 Å². The molecule has 0 aliphatic carbocycles. The summed E-state index contributed by atoms with van der Waals surface area (Å²) in [5.74, 6) is 0.282. The number of amides is 1. The molecule has 1 aromatic heterocycles. The number of nitrogens with zero attached hydrogens (tertiary/aromatic N) is 2. The minimum atomic E-state index is -0.188. The standard InChI is InChI=1S/C16H15N3O2/c20-16(18-10-12-5-2-1-3-6-12)14-9-13-7-4-8-17-15(13)19(21)11-14/h1-9,21H,10-11H2,(H,18,20). The van der Waals surface area contributed by atoms with Gasteiger partial charge in [0.1, 0.15) is 0 Å². The minimum absolute atomic E-state index is 0.130. The first-order valence-electron chi connectivity index (χ1n) is 6.68. The van der Waals surface area contributed by atoms with Gasteiger partial charge in [0.25, 0.3) is 0 Å². The Morgan fingerprint density at radius 1 is 1.24 bits per heavy atom. The Kier molecular flexibility index (Phi) is 3.66. The van der Waals surface area contributed by atoms with Gasteiger partial charge >= 0.3 is 0 Å². The number of hydrogen-bond acceptors (Lipinski definition) is 4. The Labute approximate surface area is 122 Å². The van der Waals surface area contributed by atoms with Crippen LogP contribution >= 0.6 is 0 Å². The van der Waals surface area contributed by atoms with E-state index in [0.717, 1.165) is 16.2 Å². The molecule has 1 aromatic carbocycles. The maximum Gasteiger partial charge on any atom is 0.249 e. The van der Waals surface area contributed by atoms with E-state index < -0.39 is 0 Å². The summed E-state index contributed by atoms with van der Waals surface area (Å²) in [5.41, 5.74) is 2.27. The predicted molar refractivity (Wildman–Crippen MR) is 79.6 cm³/mol. The lowest BCUT2D eigenvalue weighted by Gasteiger charge is -2.23. The quantitative estimate of drug-likeness (QED) is 0.903. The molecule has 21 heavy (non-hydrogen) atoms. The summed E-state index contributed by atoms with van der Waals surface area (Å²) in [6.07, 6.45) is 3.37. The molecule has 2 heterocycles. The molecule has 2 aromatic rings. The van der Waals surface area contributed by atoms with E-state index in [1.54, 1.807) is 18.3 Å². The normalized spacial score (nSPS) is 13.4. The van der Waals surface area contributed by atoms with Crippen LogP contribution in [-0.4, -0.2) is 22.6 Å². The van der Waals surface area contributed by atoms with Crippen molar-refractivity contribution in [3.63, 3.8) is 0 Å². The number of carbonyl (C=O) groups is 1. The molecule has 0 unspecified atom stereocenters. The lowest BCUT2D eigenvalue weighted by atomic mass is 10.1. The molecule has 106 valence electrons. The fourth-order valence-corrected chi connectivity index (χ4v) is 2.24. The number of rotatable bonds is 3. The number of hydrogen-bond donors (Lipinski definition) is 2. The second-order valence-electron chi connectivity index (χ2n) is 4.81. The van der Waals surface area contributed by atoms with Crippen molar-refractivity contribution in [2.45, 2.75) is 6.54 Å². The van der Waals surface area contributed by atoms with Gasteiger partial charge in [-0.3, -0.25) is 10.0 Å². The smallest absolute Gasteiger partial charge is 0.249 e. The van der Waals surface area contributed by atoms with Crippen LogP contribution < -0.4 is 10.4 Å². The van der Waals surface area contributed by atoms with Crippen LogP contribution in [0.15, 0.2) is 54.2 Å². The highest BCUT2D eigenvalue weighted by Gasteiger charge is 2.21. The SMILES string of the molecule is O=C(NCc1ccccc1)C1=Cc2cccnc2N(O)C1. The van der Waals surface area contributed by atoms with E-state index in [-0.39, 0.29) is 12.5 Å². The highest BCUT2D eigenvalue weighted by atomic mass is 16.5. The summed E-state index contributed by atoms with van der Waals surface area (Å²) in [4.78, 5) is 16.3.